The molecule has 1 nitrogen and oxygen atoms in total. The predicted molar refractivity (Wildman–Crippen MR) is 62.7 cm³/mol. The van der Waals surface area contributed by atoms with Crippen molar-refractivity contribution in [2.45, 2.75) is 13.0 Å². The molecule has 1 aliphatic carbocycles. The molecule has 0 N–H and O–H groups in total. The zero-order valence-electron chi connectivity index (χ0n) is 8.86. The maximum Gasteiger partial charge on any atom is 0.174 e. The zero-order chi connectivity index (χ0) is 11.0. The van der Waals surface area contributed by atoms with E-state index in [1.54, 1.807) is 0 Å². The topological polar surface area (TPSA) is 9.23 Å². The van der Waals surface area contributed by atoms with Crippen LogP contribution in [-0.2, 0) is 17.8 Å². The Hall–Kier alpha value is -1.60. The smallest absolute Gasteiger partial charge is 0.174 e. The van der Waals surface area contributed by atoms with Crippen LogP contribution in [0.3, 0.4) is 0 Å². The van der Waals surface area contributed by atoms with Crippen LogP contribution >= 0.6 is 0 Å². The first-order chi connectivity index (χ1) is 7.90. The van der Waals surface area contributed by atoms with Crippen LogP contribution < -0.4 is 0 Å². The highest BCUT2D eigenvalue weighted by atomic mass is 16.5. The van der Waals surface area contributed by atoms with Crippen LogP contribution in [0.2, 0.25) is 0 Å². The summed E-state index contributed by atoms with van der Waals surface area (Å²) >= 11 is 0. The van der Waals surface area contributed by atoms with E-state index >= 15 is 0 Å². The first kappa shape index (κ1) is 9.61. The van der Waals surface area contributed by atoms with Gasteiger partial charge in [0.1, 0.15) is 0 Å². The van der Waals surface area contributed by atoms with Crippen LogP contribution in [0.25, 0.3) is 11.1 Å². The van der Waals surface area contributed by atoms with Gasteiger partial charge in [0.05, 0.1) is 6.61 Å². The van der Waals surface area contributed by atoms with Crippen molar-refractivity contribution in [2.75, 3.05) is 0 Å². The maximum absolute atomic E-state index is 6.86. The number of hydrogen-bond donors (Lipinski definition) is 0. The van der Waals surface area contributed by atoms with Crippen LogP contribution in [0.4, 0.5) is 0 Å². The molecule has 16 heavy (non-hydrogen) atoms. The van der Waals surface area contributed by atoms with Crippen molar-refractivity contribution in [3.63, 3.8) is 0 Å². The van der Waals surface area contributed by atoms with Crippen LogP contribution in [0.5, 0.6) is 0 Å². The van der Waals surface area contributed by atoms with Crippen molar-refractivity contribution < 1.29 is 4.74 Å². The Balaban J connectivity index is 2.16. The largest absolute Gasteiger partial charge is 0.360 e. The summed E-state index contributed by atoms with van der Waals surface area (Å²) in [7, 11) is 6.86. The Morgan fingerprint density at radius 3 is 2.69 bits per heavy atom. The molecule has 0 fully saturated rings. The highest BCUT2D eigenvalue weighted by molar-refractivity contribution is 5.77. The first-order valence-electron chi connectivity index (χ1n) is 5.37. The lowest BCUT2D eigenvalue weighted by Crippen LogP contribution is -1.93. The number of rotatable bonds is 2. The van der Waals surface area contributed by atoms with E-state index in [4.69, 9.17) is 7.11 Å². The van der Waals surface area contributed by atoms with Crippen molar-refractivity contribution >= 4 is 0 Å². The van der Waals surface area contributed by atoms with Gasteiger partial charge in [-0.25, -0.2) is 0 Å². The van der Waals surface area contributed by atoms with Gasteiger partial charge in [0.25, 0.3) is 0 Å². The molecule has 0 aliphatic heterocycles. The molecule has 0 saturated heterocycles. The quantitative estimate of drug-likeness (QED) is 0.626. The van der Waals surface area contributed by atoms with Gasteiger partial charge in [-0.2, -0.15) is 0 Å². The van der Waals surface area contributed by atoms with E-state index < -0.39 is 0 Å². The number of hydrogen-bond acceptors (Lipinski definition) is 1. The molecule has 0 unspecified atom stereocenters. The second-order valence-corrected chi connectivity index (χ2v) is 4.07. The minimum Gasteiger partial charge on any atom is -0.360 e. The summed E-state index contributed by atoms with van der Waals surface area (Å²) in [5, 5.41) is 0. The molecule has 0 heterocycles. The van der Waals surface area contributed by atoms with Crippen LogP contribution in [0.1, 0.15) is 16.7 Å². The van der Waals surface area contributed by atoms with E-state index in [9.17, 15) is 0 Å². The first-order valence-corrected chi connectivity index (χ1v) is 5.37. The molecule has 1 aliphatic rings. The molecule has 0 spiro atoms. The summed E-state index contributed by atoms with van der Waals surface area (Å²) in [5.41, 5.74) is 6.43. The fourth-order valence-electron chi connectivity index (χ4n) is 2.44. The molecular formula is C15H11O. The van der Waals surface area contributed by atoms with Crippen molar-refractivity contribution in [1.82, 2.24) is 0 Å². The highest BCUT2D eigenvalue weighted by Crippen LogP contribution is 2.38. The fraction of sp³-hybridized carbons (Fsp3) is 0.133. The van der Waals surface area contributed by atoms with Crippen molar-refractivity contribution in [2.24, 2.45) is 0 Å². The SMILES string of the molecule is [C]OCc1cccc2c1Cc1ccccc1-2. The molecule has 3 radical (unpaired) electrons. The number of benzene rings is 2. The molecule has 0 bridgehead atoms. The molecule has 0 saturated carbocycles. The summed E-state index contributed by atoms with van der Waals surface area (Å²) < 4.78 is 4.50. The Morgan fingerprint density at radius 1 is 1.00 bits per heavy atom. The molecule has 77 valence electrons. The Labute approximate surface area is 95.7 Å². The van der Waals surface area contributed by atoms with Gasteiger partial charge in [0.15, 0.2) is 7.11 Å². The van der Waals surface area contributed by atoms with Crippen molar-refractivity contribution in [3.8, 4) is 11.1 Å². The van der Waals surface area contributed by atoms with E-state index in [-0.39, 0.29) is 0 Å². The second-order valence-electron chi connectivity index (χ2n) is 4.07. The van der Waals surface area contributed by atoms with Gasteiger partial charge in [-0.3, -0.25) is 0 Å². The van der Waals surface area contributed by atoms with Crippen molar-refractivity contribution in [1.29, 1.82) is 0 Å². The van der Waals surface area contributed by atoms with Gasteiger partial charge in [0.2, 0.25) is 0 Å². The third-order valence-electron chi connectivity index (χ3n) is 3.18. The Bertz CT molecular complexity index is 529. The summed E-state index contributed by atoms with van der Waals surface area (Å²) in [6, 6.07) is 14.7. The Kier molecular flexibility index (Phi) is 2.26. The molecular weight excluding hydrogens is 196 g/mol. The van der Waals surface area contributed by atoms with Crippen molar-refractivity contribution in [3.05, 3.63) is 66.3 Å². The maximum atomic E-state index is 6.86. The van der Waals surface area contributed by atoms with Gasteiger partial charge in [-0.15, -0.1) is 0 Å². The monoisotopic (exact) mass is 207 g/mol. The summed E-state index contributed by atoms with van der Waals surface area (Å²) in [5.74, 6) is 0. The molecule has 2 aromatic rings. The van der Waals surface area contributed by atoms with E-state index in [0.717, 1.165) is 12.0 Å². The standard InChI is InChI=1S/C15H11O/c1-16-10-12-6-4-8-14-13-7-3-2-5-11(13)9-15(12)14/h2-8H,9-10H2. The highest BCUT2D eigenvalue weighted by Gasteiger charge is 2.19. The van der Waals surface area contributed by atoms with Gasteiger partial charge >= 0.3 is 0 Å². The summed E-state index contributed by atoms with van der Waals surface area (Å²) in [6.45, 7) is 0.372. The number of fused-ring (bicyclic) bond motifs is 3. The van der Waals surface area contributed by atoms with Crippen LogP contribution in [0.15, 0.2) is 42.5 Å². The number of ether oxygens (including phenoxy) is 1. The minimum absolute atomic E-state index is 0.372. The lowest BCUT2D eigenvalue weighted by Gasteiger charge is -2.06. The minimum atomic E-state index is 0.372. The third kappa shape index (κ3) is 1.36. The lowest BCUT2D eigenvalue weighted by molar-refractivity contribution is 0.228. The second kappa shape index (κ2) is 3.76. The van der Waals surface area contributed by atoms with Gasteiger partial charge < -0.3 is 4.74 Å². The normalized spacial score (nSPS) is 12.3. The predicted octanol–water partition coefficient (Wildman–Crippen LogP) is 3.32. The van der Waals surface area contributed by atoms with E-state index in [1.165, 1.54) is 22.3 Å². The molecule has 3 rings (SSSR count). The summed E-state index contributed by atoms with van der Waals surface area (Å²) in [4.78, 5) is 0. The molecule has 0 aromatic heterocycles. The van der Waals surface area contributed by atoms with E-state index in [0.29, 0.717) is 6.61 Å². The molecule has 0 amide bonds. The van der Waals surface area contributed by atoms with Gasteiger partial charge in [-0.05, 0) is 34.2 Å². The van der Waals surface area contributed by atoms with Crippen LogP contribution in [0, 0.1) is 7.11 Å². The molecule has 2 aromatic carbocycles. The van der Waals surface area contributed by atoms with Crippen LogP contribution in [-0.4, -0.2) is 0 Å². The van der Waals surface area contributed by atoms with E-state index in [2.05, 4.69) is 35.1 Å². The van der Waals surface area contributed by atoms with Gasteiger partial charge in [0, 0.05) is 0 Å². The van der Waals surface area contributed by atoms with E-state index in [1.807, 2.05) is 12.1 Å². The third-order valence-corrected chi connectivity index (χ3v) is 3.18. The average molecular weight is 207 g/mol. The lowest BCUT2D eigenvalue weighted by atomic mass is 10.0. The fourth-order valence-corrected chi connectivity index (χ4v) is 2.44. The average Bonchev–Trinajstić information content (AvgIpc) is 2.69. The molecule has 1 heteroatoms. The van der Waals surface area contributed by atoms with Gasteiger partial charge in [-0.1, -0.05) is 42.5 Å². The molecule has 0 atom stereocenters. The summed E-state index contributed by atoms with van der Waals surface area (Å²) in [6.07, 6.45) is 0.963. The zero-order valence-corrected chi connectivity index (χ0v) is 8.86. The Morgan fingerprint density at radius 2 is 1.81 bits per heavy atom.